The van der Waals surface area contributed by atoms with Gasteiger partial charge in [-0.15, -0.1) is 0 Å². The standard InChI is InChI=1S/C16H15N3/c1-11-5-3-6-13(9-11)16-18-10-15(19-16)14-7-4-8-17-12(14)2/h3-9H,10H2,1-2H3. The van der Waals surface area contributed by atoms with E-state index in [4.69, 9.17) is 0 Å². The van der Waals surface area contributed by atoms with Gasteiger partial charge in [0.25, 0.3) is 0 Å². The Labute approximate surface area is 112 Å². The average Bonchev–Trinajstić information content (AvgIpc) is 2.89. The molecule has 0 bridgehead atoms. The normalized spacial score (nSPS) is 14.2. The van der Waals surface area contributed by atoms with E-state index in [1.54, 1.807) is 6.20 Å². The maximum Gasteiger partial charge on any atom is 0.155 e. The molecule has 0 fully saturated rings. The summed E-state index contributed by atoms with van der Waals surface area (Å²) in [4.78, 5) is 13.5. The lowest BCUT2D eigenvalue weighted by atomic mass is 10.1. The zero-order valence-electron chi connectivity index (χ0n) is 11.1. The minimum Gasteiger partial charge on any atom is -0.261 e. The number of benzene rings is 1. The van der Waals surface area contributed by atoms with E-state index in [1.807, 2.05) is 25.1 Å². The fraction of sp³-hybridized carbons (Fsp3) is 0.188. The first-order chi connectivity index (χ1) is 9.24. The molecule has 0 spiro atoms. The van der Waals surface area contributed by atoms with Gasteiger partial charge in [-0.1, -0.05) is 23.8 Å². The van der Waals surface area contributed by atoms with E-state index in [-0.39, 0.29) is 0 Å². The number of rotatable bonds is 2. The quantitative estimate of drug-likeness (QED) is 0.806. The summed E-state index contributed by atoms with van der Waals surface area (Å²) in [5, 5.41) is 0. The van der Waals surface area contributed by atoms with Gasteiger partial charge in [-0.3, -0.25) is 9.98 Å². The number of nitrogens with zero attached hydrogens (tertiary/aromatic N) is 3. The summed E-state index contributed by atoms with van der Waals surface area (Å²) in [5.74, 6) is 0.821. The summed E-state index contributed by atoms with van der Waals surface area (Å²) >= 11 is 0. The van der Waals surface area contributed by atoms with Gasteiger partial charge in [0.2, 0.25) is 0 Å². The minimum atomic E-state index is 0.635. The monoisotopic (exact) mass is 249 g/mol. The van der Waals surface area contributed by atoms with E-state index < -0.39 is 0 Å². The smallest absolute Gasteiger partial charge is 0.155 e. The lowest BCUT2D eigenvalue weighted by Gasteiger charge is -2.02. The van der Waals surface area contributed by atoms with Gasteiger partial charge in [0.05, 0.1) is 12.3 Å². The second kappa shape index (κ2) is 4.76. The Morgan fingerprint density at radius 2 is 1.95 bits per heavy atom. The van der Waals surface area contributed by atoms with Gasteiger partial charge < -0.3 is 0 Å². The molecule has 94 valence electrons. The Hall–Kier alpha value is -2.29. The molecule has 0 radical (unpaired) electrons. The van der Waals surface area contributed by atoms with Crippen molar-refractivity contribution in [1.29, 1.82) is 0 Å². The van der Waals surface area contributed by atoms with Crippen molar-refractivity contribution in [2.24, 2.45) is 9.98 Å². The summed E-state index contributed by atoms with van der Waals surface area (Å²) in [6.45, 7) is 4.72. The lowest BCUT2D eigenvalue weighted by molar-refractivity contribution is 1.18. The first-order valence-corrected chi connectivity index (χ1v) is 6.35. The predicted octanol–water partition coefficient (Wildman–Crippen LogP) is 2.95. The number of pyridine rings is 1. The SMILES string of the molecule is Cc1cccc(C2=NCC(c3cccnc3C)=N2)c1. The average molecular weight is 249 g/mol. The van der Waals surface area contributed by atoms with Gasteiger partial charge in [0, 0.05) is 23.0 Å². The van der Waals surface area contributed by atoms with Crippen molar-refractivity contribution >= 4 is 11.5 Å². The van der Waals surface area contributed by atoms with Gasteiger partial charge in [-0.2, -0.15) is 0 Å². The largest absolute Gasteiger partial charge is 0.261 e. The molecule has 0 saturated carbocycles. The fourth-order valence-corrected chi connectivity index (χ4v) is 2.22. The van der Waals surface area contributed by atoms with Crippen LogP contribution in [0.25, 0.3) is 0 Å². The molecule has 2 aromatic rings. The van der Waals surface area contributed by atoms with Crippen molar-refractivity contribution in [3.63, 3.8) is 0 Å². The number of aromatic nitrogens is 1. The Bertz CT molecular complexity index is 684. The van der Waals surface area contributed by atoms with Crippen LogP contribution in [-0.4, -0.2) is 23.1 Å². The zero-order chi connectivity index (χ0) is 13.2. The van der Waals surface area contributed by atoms with Crippen LogP contribution in [0.3, 0.4) is 0 Å². The van der Waals surface area contributed by atoms with Crippen LogP contribution in [-0.2, 0) is 0 Å². The van der Waals surface area contributed by atoms with Crippen LogP contribution in [0, 0.1) is 13.8 Å². The van der Waals surface area contributed by atoms with Crippen LogP contribution in [0.4, 0.5) is 0 Å². The molecule has 19 heavy (non-hydrogen) atoms. The summed E-state index contributed by atoms with van der Waals surface area (Å²) in [5.41, 5.74) is 5.40. The highest BCUT2D eigenvalue weighted by molar-refractivity contribution is 6.17. The second-order valence-corrected chi connectivity index (χ2v) is 4.70. The third-order valence-electron chi connectivity index (χ3n) is 3.21. The molecule has 0 unspecified atom stereocenters. The van der Waals surface area contributed by atoms with E-state index in [0.717, 1.165) is 28.4 Å². The van der Waals surface area contributed by atoms with Crippen LogP contribution in [0.2, 0.25) is 0 Å². The number of hydrogen-bond acceptors (Lipinski definition) is 3. The molecular weight excluding hydrogens is 234 g/mol. The molecular formula is C16H15N3. The van der Waals surface area contributed by atoms with Crippen molar-refractivity contribution in [3.05, 3.63) is 65.0 Å². The van der Waals surface area contributed by atoms with Crippen molar-refractivity contribution in [2.45, 2.75) is 13.8 Å². The summed E-state index contributed by atoms with van der Waals surface area (Å²) in [6, 6.07) is 12.3. The van der Waals surface area contributed by atoms with Crippen molar-refractivity contribution in [3.8, 4) is 0 Å². The highest BCUT2D eigenvalue weighted by Gasteiger charge is 2.15. The first-order valence-electron chi connectivity index (χ1n) is 6.35. The van der Waals surface area contributed by atoms with Crippen molar-refractivity contribution in [2.75, 3.05) is 6.54 Å². The molecule has 1 aromatic carbocycles. The Balaban J connectivity index is 1.95. The minimum absolute atomic E-state index is 0.635. The van der Waals surface area contributed by atoms with Crippen molar-refractivity contribution in [1.82, 2.24) is 4.98 Å². The Kier molecular flexibility index (Phi) is 2.95. The molecule has 3 rings (SSSR count). The first kappa shape index (κ1) is 11.8. The molecule has 0 N–H and O–H groups in total. The van der Waals surface area contributed by atoms with Gasteiger partial charge in [0.1, 0.15) is 0 Å². The molecule has 0 saturated heterocycles. The number of aryl methyl sites for hydroxylation is 2. The highest BCUT2D eigenvalue weighted by atomic mass is 15.0. The zero-order valence-corrected chi connectivity index (χ0v) is 11.1. The molecule has 0 aliphatic carbocycles. The highest BCUT2D eigenvalue weighted by Crippen LogP contribution is 2.15. The van der Waals surface area contributed by atoms with E-state index in [0.29, 0.717) is 6.54 Å². The molecule has 0 atom stereocenters. The Morgan fingerprint density at radius 1 is 1.05 bits per heavy atom. The van der Waals surface area contributed by atoms with Gasteiger partial charge in [-0.25, -0.2) is 4.99 Å². The molecule has 0 amide bonds. The summed E-state index contributed by atoms with van der Waals surface area (Å²) in [7, 11) is 0. The summed E-state index contributed by atoms with van der Waals surface area (Å²) < 4.78 is 0. The maximum atomic E-state index is 4.66. The number of amidine groups is 1. The van der Waals surface area contributed by atoms with Crippen LogP contribution in [0.5, 0.6) is 0 Å². The van der Waals surface area contributed by atoms with E-state index >= 15 is 0 Å². The third kappa shape index (κ3) is 2.32. The van der Waals surface area contributed by atoms with Crippen molar-refractivity contribution < 1.29 is 0 Å². The molecule has 1 aromatic heterocycles. The molecule has 2 heterocycles. The maximum absolute atomic E-state index is 4.66. The van der Waals surface area contributed by atoms with Crippen LogP contribution in [0.1, 0.15) is 22.4 Å². The molecule has 1 aliphatic heterocycles. The predicted molar refractivity (Wildman–Crippen MR) is 78.1 cm³/mol. The lowest BCUT2D eigenvalue weighted by Crippen LogP contribution is -2.05. The number of hydrogen-bond donors (Lipinski definition) is 0. The van der Waals surface area contributed by atoms with E-state index in [1.165, 1.54) is 5.56 Å². The fourth-order valence-electron chi connectivity index (χ4n) is 2.22. The van der Waals surface area contributed by atoms with E-state index in [2.05, 4.69) is 40.1 Å². The second-order valence-electron chi connectivity index (χ2n) is 4.70. The molecule has 3 nitrogen and oxygen atoms in total. The van der Waals surface area contributed by atoms with Gasteiger partial charge >= 0.3 is 0 Å². The van der Waals surface area contributed by atoms with E-state index in [9.17, 15) is 0 Å². The number of aliphatic imine (C=N–C) groups is 2. The van der Waals surface area contributed by atoms with Crippen LogP contribution >= 0.6 is 0 Å². The topological polar surface area (TPSA) is 37.6 Å². The van der Waals surface area contributed by atoms with Crippen LogP contribution in [0.15, 0.2) is 52.6 Å². The molecule has 1 aliphatic rings. The Morgan fingerprint density at radius 3 is 2.74 bits per heavy atom. The van der Waals surface area contributed by atoms with Gasteiger partial charge in [0.15, 0.2) is 5.84 Å². The van der Waals surface area contributed by atoms with Gasteiger partial charge in [-0.05, 0) is 32.0 Å². The molecule has 3 heteroatoms. The third-order valence-corrected chi connectivity index (χ3v) is 3.21. The summed E-state index contributed by atoms with van der Waals surface area (Å²) in [6.07, 6.45) is 1.80. The van der Waals surface area contributed by atoms with Crippen LogP contribution < -0.4 is 0 Å².